The van der Waals surface area contributed by atoms with Crippen LogP contribution in [0.5, 0.6) is 5.75 Å². The average Bonchev–Trinajstić information content (AvgIpc) is 2.49. The lowest BCUT2D eigenvalue weighted by molar-refractivity contribution is 0.139. The molecule has 2 aromatic carbocycles. The van der Waals surface area contributed by atoms with Crippen LogP contribution < -0.4 is 0 Å². The van der Waals surface area contributed by atoms with Gasteiger partial charge in [0.15, 0.2) is 0 Å². The predicted molar refractivity (Wildman–Crippen MR) is 82.6 cm³/mol. The van der Waals surface area contributed by atoms with Gasteiger partial charge in [0.05, 0.1) is 6.54 Å². The minimum atomic E-state index is -1.05. The van der Waals surface area contributed by atoms with Crippen LogP contribution in [0.4, 0.5) is 4.79 Å². The molecular formula is C17H19NO4. The molecule has 0 aliphatic rings. The number of carbonyl (C=O) groups is 1. The molecule has 0 aliphatic carbocycles. The van der Waals surface area contributed by atoms with Gasteiger partial charge in [-0.15, -0.1) is 0 Å². The van der Waals surface area contributed by atoms with Gasteiger partial charge in [0, 0.05) is 18.7 Å². The number of nitrogens with zero attached hydrogens (tertiary/aromatic N) is 1. The van der Waals surface area contributed by atoms with E-state index in [0.29, 0.717) is 12.0 Å². The van der Waals surface area contributed by atoms with E-state index in [1.807, 2.05) is 24.3 Å². The third kappa shape index (κ3) is 4.23. The van der Waals surface area contributed by atoms with Gasteiger partial charge in [0.1, 0.15) is 5.75 Å². The van der Waals surface area contributed by atoms with E-state index >= 15 is 0 Å². The van der Waals surface area contributed by atoms with Crippen LogP contribution in [0, 0.1) is 0 Å². The van der Waals surface area contributed by atoms with Crippen molar-refractivity contribution >= 4 is 6.09 Å². The van der Waals surface area contributed by atoms with E-state index in [1.165, 1.54) is 11.0 Å². The van der Waals surface area contributed by atoms with E-state index in [9.17, 15) is 15.0 Å². The van der Waals surface area contributed by atoms with E-state index in [-0.39, 0.29) is 25.4 Å². The number of aliphatic hydroxyl groups is 1. The van der Waals surface area contributed by atoms with E-state index < -0.39 is 6.09 Å². The Labute approximate surface area is 129 Å². The zero-order valence-electron chi connectivity index (χ0n) is 12.1. The van der Waals surface area contributed by atoms with Gasteiger partial charge >= 0.3 is 6.09 Å². The molecule has 0 atom stereocenters. The summed E-state index contributed by atoms with van der Waals surface area (Å²) >= 11 is 0. The molecule has 5 heteroatoms. The van der Waals surface area contributed by atoms with Gasteiger partial charge in [-0.3, -0.25) is 4.90 Å². The van der Waals surface area contributed by atoms with E-state index in [2.05, 4.69) is 0 Å². The number of aromatic hydroxyl groups is 1. The molecule has 0 heterocycles. The smallest absolute Gasteiger partial charge is 0.407 e. The highest BCUT2D eigenvalue weighted by molar-refractivity contribution is 5.65. The topological polar surface area (TPSA) is 81.0 Å². The van der Waals surface area contributed by atoms with Crippen molar-refractivity contribution in [3.63, 3.8) is 0 Å². The largest absolute Gasteiger partial charge is 0.508 e. The molecule has 0 saturated carbocycles. The lowest BCUT2D eigenvalue weighted by Crippen LogP contribution is -2.28. The summed E-state index contributed by atoms with van der Waals surface area (Å²) in [5.41, 5.74) is 2.38. The minimum absolute atomic E-state index is 0.0595. The summed E-state index contributed by atoms with van der Waals surface area (Å²) in [5, 5.41) is 28.1. The summed E-state index contributed by atoms with van der Waals surface area (Å²) < 4.78 is 0. The quantitative estimate of drug-likeness (QED) is 0.766. The molecule has 0 fully saturated rings. The summed E-state index contributed by atoms with van der Waals surface area (Å²) in [6.07, 6.45) is -0.503. The molecule has 0 radical (unpaired) electrons. The maximum atomic E-state index is 11.4. The first-order valence-corrected chi connectivity index (χ1v) is 7.03. The van der Waals surface area contributed by atoms with Gasteiger partial charge in [-0.2, -0.15) is 0 Å². The number of hydrogen-bond donors (Lipinski definition) is 3. The number of aliphatic hydroxyl groups excluding tert-OH is 1. The minimum Gasteiger partial charge on any atom is -0.508 e. The molecular weight excluding hydrogens is 282 g/mol. The van der Waals surface area contributed by atoms with E-state index in [4.69, 9.17) is 5.11 Å². The van der Waals surface area contributed by atoms with Crippen molar-refractivity contribution in [1.29, 1.82) is 0 Å². The molecule has 0 spiro atoms. The Hall–Kier alpha value is -2.53. The van der Waals surface area contributed by atoms with Crippen LogP contribution in [0.2, 0.25) is 0 Å². The molecule has 0 unspecified atom stereocenters. The van der Waals surface area contributed by atoms with Crippen LogP contribution >= 0.6 is 0 Å². The lowest BCUT2D eigenvalue weighted by Gasteiger charge is -2.20. The number of phenolic OH excluding ortho intramolecular Hbond substituents is 1. The number of amides is 1. The Balaban J connectivity index is 2.14. The molecule has 22 heavy (non-hydrogen) atoms. The third-order valence-corrected chi connectivity index (χ3v) is 3.39. The number of rotatable bonds is 6. The summed E-state index contributed by atoms with van der Waals surface area (Å²) in [7, 11) is 0. The van der Waals surface area contributed by atoms with Gasteiger partial charge in [-0.05, 0) is 23.6 Å². The number of para-hydroxylation sites is 1. The van der Waals surface area contributed by atoms with Crippen molar-refractivity contribution in [2.75, 3.05) is 6.61 Å². The first-order valence-electron chi connectivity index (χ1n) is 7.03. The fraction of sp³-hybridized carbons (Fsp3) is 0.235. The van der Waals surface area contributed by atoms with Crippen molar-refractivity contribution < 1.29 is 20.1 Å². The zero-order valence-corrected chi connectivity index (χ0v) is 12.1. The molecule has 0 aromatic heterocycles. The second-order valence-corrected chi connectivity index (χ2v) is 5.06. The van der Waals surface area contributed by atoms with Gasteiger partial charge in [0.2, 0.25) is 0 Å². The Morgan fingerprint density at radius 3 is 2.41 bits per heavy atom. The highest BCUT2D eigenvalue weighted by atomic mass is 16.4. The number of benzene rings is 2. The molecule has 0 bridgehead atoms. The number of hydrogen-bond acceptors (Lipinski definition) is 3. The number of carboxylic acid groups (broad SMARTS) is 1. The Morgan fingerprint density at radius 1 is 1.00 bits per heavy atom. The van der Waals surface area contributed by atoms with Gasteiger partial charge in [0.25, 0.3) is 0 Å². The fourth-order valence-electron chi connectivity index (χ4n) is 2.27. The first kappa shape index (κ1) is 15.9. The normalized spacial score (nSPS) is 10.4. The molecule has 2 rings (SSSR count). The van der Waals surface area contributed by atoms with Crippen LogP contribution in [0.15, 0.2) is 48.5 Å². The second kappa shape index (κ2) is 7.47. The molecule has 5 nitrogen and oxygen atoms in total. The zero-order chi connectivity index (χ0) is 15.9. The van der Waals surface area contributed by atoms with Crippen LogP contribution in [-0.2, 0) is 19.5 Å². The highest BCUT2D eigenvalue weighted by Crippen LogP contribution is 2.19. The summed E-state index contributed by atoms with van der Waals surface area (Å²) in [6.45, 7) is 0.402. The van der Waals surface area contributed by atoms with Crippen LogP contribution in [-0.4, -0.2) is 32.9 Å². The van der Waals surface area contributed by atoms with E-state index in [1.54, 1.807) is 18.2 Å². The van der Waals surface area contributed by atoms with Crippen molar-refractivity contribution in [2.24, 2.45) is 0 Å². The average molecular weight is 301 g/mol. The molecule has 0 aliphatic heterocycles. The Kier molecular flexibility index (Phi) is 5.38. The Bertz CT molecular complexity index is 642. The summed E-state index contributed by atoms with van der Waals surface area (Å²) in [6, 6.07) is 14.2. The van der Waals surface area contributed by atoms with Crippen LogP contribution in [0.25, 0.3) is 0 Å². The Morgan fingerprint density at radius 2 is 1.73 bits per heavy atom. The van der Waals surface area contributed by atoms with Gasteiger partial charge in [-0.1, -0.05) is 42.5 Å². The predicted octanol–water partition coefficient (Wildman–Crippen LogP) is 2.61. The van der Waals surface area contributed by atoms with E-state index in [0.717, 1.165) is 11.1 Å². The third-order valence-electron chi connectivity index (χ3n) is 3.39. The standard InChI is InChI=1S/C17H19NO4/c19-9-8-13-4-3-5-14(10-13)11-18(17(21)22)12-15-6-1-2-7-16(15)20/h1-7,10,19-20H,8-9,11-12H2,(H,21,22). The monoisotopic (exact) mass is 301 g/mol. The maximum absolute atomic E-state index is 11.4. The van der Waals surface area contributed by atoms with Crippen molar-refractivity contribution in [1.82, 2.24) is 4.90 Å². The molecule has 0 saturated heterocycles. The highest BCUT2D eigenvalue weighted by Gasteiger charge is 2.15. The summed E-state index contributed by atoms with van der Waals surface area (Å²) in [4.78, 5) is 12.7. The van der Waals surface area contributed by atoms with Crippen molar-refractivity contribution in [3.05, 3.63) is 65.2 Å². The van der Waals surface area contributed by atoms with Gasteiger partial charge in [-0.25, -0.2) is 4.79 Å². The molecule has 2 aromatic rings. The van der Waals surface area contributed by atoms with Crippen molar-refractivity contribution in [2.45, 2.75) is 19.5 Å². The maximum Gasteiger partial charge on any atom is 0.407 e. The molecule has 1 amide bonds. The van der Waals surface area contributed by atoms with Crippen molar-refractivity contribution in [3.8, 4) is 5.75 Å². The first-order chi connectivity index (χ1) is 10.6. The molecule has 3 N–H and O–H groups in total. The van der Waals surface area contributed by atoms with Crippen LogP contribution in [0.3, 0.4) is 0 Å². The van der Waals surface area contributed by atoms with Gasteiger partial charge < -0.3 is 15.3 Å². The van der Waals surface area contributed by atoms with Crippen LogP contribution in [0.1, 0.15) is 16.7 Å². The fourth-order valence-corrected chi connectivity index (χ4v) is 2.27. The lowest BCUT2D eigenvalue weighted by atomic mass is 10.1. The number of phenols is 1. The SMILES string of the molecule is O=C(O)N(Cc1cccc(CCO)c1)Cc1ccccc1O. The second-order valence-electron chi connectivity index (χ2n) is 5.06. The summed E-state index contributed by atoms with van der Waals surface area (Å²) in [5.74, 6) is 0.0859. The molecule has 116 valence electrons.